The second-order valence-corrected chi connectivity index (χ2v) is 6.21. The summed E-state index contributed by atoms with van der Waals surface area (Å²) in [4.78, 5) is 8.90. The first-order valence-corrected chi connectivity index (χ1v) is 7.57. The van der Waals surface area contributed by atoms with Crippen LogP contribution in [0.5, 0.6) is 0 Å². The number of hydrogen-bond donors (Lipinski definition) is 1. The number of oxazole rings is 1. The number of halogens is 1. The third kappa shape index (κ3) is 2.34. The van der Waals surface area contributed by atoms with Crippen LogP contribution in [0.4, 0.5) is 11.1 Å². The van der Waals surface area contributed by atoms with Gasteiger partial charge >= 0.3 is 6.01 Å². The van der Waals surface area contributed by atoms with Gasteiger partial charge in [-0.3, -0.25) is 5.32 Å². The van der Waals surface area contributed by atoms with Crippen molar-refractivity contribution in [3.8, 4) is 0 Å². The van der Waals surface area contributed by atoms with E-state index in [0.29, 0.717) is 11.0 Å². The molecule has 0 atom stereocenters. The highest BCUT2D eigenvalue weighted by Crippen LogP contribution is 2.30. The number of anilines is 2. The molecule has 0 radical (unpaired) electrons. The molecule has 0 saturated carbocycles. The van der Waals surface area contributed by atoms with Crippen LogP contribution in [-0.2, 0) is 0 Å². The average Bonchev–Trinajstić information content (AvgIpc) is 3.00. The first kappa shape index (κ1) is 12.6. The maximum absolute atomic E-state index is 5.97. The lowest BCUT2D eigenvalue weighted by atomic mass is 10.2. The fourth-order valence-electron chi connectivity index (χ4n) is 2.14. The molecule has 0 bridgehead atoms. The first-order chi connectivity index (χ1) is 10.2. The van der Waals surface area contributed by atoms with Gasteiger partial charge in [-0.15, -0.1) is 0 Å². The monoisotopic (exact) mass is 315 g/mol. The molecule has 4 nitrogen and oxygen atoms in total. The van der Waals surface area contributed by atoms with E-state index < -0.39 is 0 Å². The highest BCUT2D eigenvalue weighted by atomic mass is 35.5. The van der Waals surface area contributed by atoms with Crippen molar-refractivity contribution in [3.05, 3.63) is 47.0 Å². The standard InChI is InChI=1S/C15H10ClN3OS/c1-8-2-4-12-10(6-8)17-14(20-12)19-15-18-11-7-9(16)3-5-13(11)21-15/h2-7H,1H3,(H,17,18,19). The van der Waals surface area contributed by atoms with Gasteiger partial charge in [0.15, 0.2) is 10.7 Å². The lowest BCUT2D eigenvalue weighted by Crippen LogP contribution is -1.88. The molecule has 0 amide bonds. The largest absolute Gasteiger partial charge is 0.423 e. The summed E-state index contributed by atoms with van der Waals surface area (Å²) in [5.74, 6) is 0. The van der Waals surface area contributed by atoms with Gasteiger partial charge in [-0.05, 0) is 42.8 Å². The van der Waals surface area contributed by atoms with Crippen LogP contribution in [-0.4, -0.2) is 9.97 Å². The van der Waals surface area contributed by atoms with Gasteiger partial charge in [-0.2, -0.15) is 4.98 Å². The Morgan fingerprint density at radius 1 is 1.10 bits per heavy atom. The van der Waals surface area contributed by atoms with Crippen LogP contribution in [0.1, 0.15) is 5.56 Å². The summed E-state index contributed by atoms with van der Waals surface area (Å²) in [6.07, 6.45) is 0. The number of thiazole rings is 1. The number of aromatic nitrogens is 2. The molecule has 21 heavy (non-hydrogen) atoms. The van der Waals surface area contributed by atoms with Crippen molar-refractivity contribution in [2.45, 2.75) is 6.92 Å². The predicted molar refractivity (Wildman–Crippen MR) is 86.7 cm³/mol. The molecular weight excluding hydrogens is 306 g/mol. The Morgan fingerprint density at radius 2 is 2.00 bits per heavy atom. The second kappa shape index (κ2) is 4.72. The fourth-order valence-corrected chi connectivity index (χ4v) is 3.14. The number of hydrogen-bond acceptors (Lipinski definition) is 5. The fraction of sp³-hybridized carbons (Fsp3) is 0.0667. The molecule has 2 heterocycles. The maximum Gasteiger partial charge on any atom is 0.302 e. The molecule has 2 aromatic heterocycles. The van der Waals surface area contributed by atoms with Gasteiger partial charge < -0.3 is 4.42 Å². The molecule has 4 aromatic rings. The minimum Gasteiger partial charge on any atom is -0.423 e. The molecule has 0 saturated heterocycles. The van der Waals surface area contributed by atoms with E-state index in [2.05, 4.69) is 15.3 Å². The van der Waals surface area contributed by atoms with Gasteiger partial charge in [0.25, 0.3) is 0 Å². The Morgan fingerprint density at radius 3 is 2.90 bits per heavy atom. The summed E-state index contributed by atoms with van der Waals surface area (Å²) in [5, 5.41) is 4.52. The van der Waals surface area contributed by atoms with Crippen molar-refractivity contribution in [2.75, 3.05) is 5.32 Å². The van der Waals surface area contributed by atoms with E-state index in [4.69, 9.17) is 16.0 Å². The summed E-state index contributed by atoms with van der Waals surface area (Å²) >= 11 is 7.50. The number of benzene rings is 2. The van der Waals surface area contributed by atoms with E-state index in [9.17, 15) is 0 Å². The Labute approximate surface area is 129 Å². The third-order valence-electron chi connectivity index (χ3n) is 3.11. The van der Waals surface area contributed by atoms with Crippen molar-refractivity contribution in [2.24, 2.45) is 0 Å². The molecule has 0 unspecified atom stereocenters. The van der Waals surface area contributed by atoms with Crippen molar-refractivity contribution >= 4 is 55.4 Å². The zero-order valence-electron chi connectivity index (χ0n) is 11.1. The van der Waals surface area contributed by atoms with Crippen LogP contribution in [0.25, 0.3) is 21.3 Å². The molecule has 0 aliphatic carbocycles. The zero-order valence-corrected chi connectivity index (χ0v) is 12.6. The molecule has 104 valence electrons. The maximum atomic E-state index is 5.97. The van der Waals surface area contributed by atoms with Crippen molar-refractivity contribution in [1.82, 2.24) is 9.97 Å². The molecule has 0 fully saturated rings. The lowest BCUT2D eigenvalue weighted by molar-refractivity contribution is 0.623. The van der Waals surface area contributed by atoms with Crippen molar-refractivity contribution in [3.63, 3.8) is 0 Å². The Balaban J connectivity index is 1.71. The van der Waals surface area contributed by atoms with E-state index in [-0.39, 0.29) is 0 Å². The van der Waals surface area contributed by atoms with E-state index in [1.54, 1.807) is 0 Å². The highest BCUT2D eigenvalue weighted by Gasteiger charge is 2.09. The van der Waals surface area contributed by atoms with Crippen LogP contribution in [0.2, 0.25) is 5.02 Å². The van der Waals surface area contributed by atoms with Crippen molar-refractivity contribution in [1.29, 1.82) is 0 Å². The summed E-state index contributed by atoms with van der Waals surface area (Å²) < 4.78 is 6.73. The highest BCUT2D eigenvalue weighted by molar-refractivity contribution is 7.22. The molecule has 6 heteroatoms. The van der Waals surface area contributed by atoms with Gasteiger partial charge in [0, 0.05) is 5.02 Å². The number of rotatable bonds is 2. The minimum absolute atomic E-state index is 0.445. The van der Waals surface area contributed by atoms with Gasteiger partial charge in [0.2, 0.25) is 0 Å². The van der Waals surface area contributed by atoms with Crippen LogP contribution in [0.3, 0.4) is 0 Å². The van der Waals surface area contributed by atoms with Gasteiger partial charge in [0.05, 0.1) is 10.2 Å². The molecule has 0 aliphatic rings. The Bertz CT molecular complexity index is 882. The zero-order chi connectivity index (χ0) is 14.4. The lowest BCUT2D eigenvalue weighted by Gasteiger charge is -1.92. The first-order valence-electron chi connectivity index (χ1n) is 6.38. The summed E-state index contributed by atoms with van der Waals surface area (Å²) in [7, 11) is 0. The topological polar surface area (TPSA) is 51.0 Å². The smallest absolute Gasteiger partial charge is 0.302 e. The van der Waals surface area contributed by atoms with Crippen molar-refractivity contribution < 1.29 is 4.42 Å². The van der Waals surface area contributed by atoms with Gasteiger partial charge in [0.1, 0.15) is 5.52 Å². The molecular formula is C15H10ClN3OS. The second-order valence-electron chi connectivity index (χ2n) is 4.75. The van der Waals surface area contributed by atoms with E-state index in [1.807, 2.05) is 43.3 Å². The Kier molecular flexibility index (Phi) is 2.83. The summed E-state index contributed by atoms with van der Waals surface area (Å²) in [6.45, 7) is 2.03. The van der Waals surface area contributed by atoms with Gasteiger partial charge in [-0.25, -0.2) is 4.98 Å². The molecule has 2 aromatic carbocycles. The normalized spacial score (nSPS) is 11.3. The molecule has 1 N–H and O–H groups in total. The molecule has 0 aliphatic heterocycles. The number of fused-ring (bicyclic) bond motifs is 2. The number of nitrogens with one attached hydrogen (secondary N) is 1. The quantitative estimate of drug-likeness (QED) is 0.556. The van der Waals surface area contributed by atoms with Gasteiger partial charge in [-0.1, -0.05) is 29.0 Å². The predicted octanol–water partition coefficient (Wildman–Crippen LogP) is 5.14. The van der Waals surface area contributed by atoms with Crippen LogP contribution >= 0.6 is 22.9 Å². The third-order valence-corrected chi connectivity index (χ3v) is 4.29. The molecule has 4 rings (SSSR count). The van der Waals surface area contributed by atoms with Crippen LogP contribution in [0.15, 0.2) is 40.8 Å². The van der Waals surface area contributed by atoms with E-state index >= 15 is 0 Å². The van der Waals surface area contributed by atoms with Crippen LogP contribution in [0, 0.1) is 6.92 Å². The molecule has 0 spiro atoms. The van der Waals surface area contributed by atoms with E-state index in [1.165, 1.54) is 11.3 Å². The average molecular weight is 316 g/mol. The minimum atomic E-state index is 0.445. The van der Waals surface area contributed by atoms with E-state index in [0.717, 1.165) is 32.0 Å². The summed E-state index contributed by atoms with van der Waals surface area (Å²) in [6, 6.07) is 12.0. The number of aryl methyl sites for hydroxylation is 1. The Hall–Kier alpha value is -2.11. The summed E-state index contributed by atoms with van der Waals surface area (Å²) in [5.41, 5.74) is 3.60. The SMILES string of the molecule is Cc1ccc2oc(Nc3nc4cc(Cl)ccc4s3)nc2c1. The number of nitrogens with zero attached hydrogens (tertiary/aromatic N) is 2. The van der Waals surface area contributed by atoms with Crippen LogP contribution < -0.4 is 5.32 Å².